The molecule has 1 amide bonds. The topological polar surface area (TPSA) is 84.6 Å². The summed E-state index contributed by atoms with van der Waals surface area (Å²) >= 11 is 1.53. The molecule has 6 nitrogen and oxygen atoms in total. The van der Waals surface area contributed by atoms with Crippen molar-refractivity contribution < 1.29 is 9.72 Å². The van der Waals surface area contributed by atoms with Crippen LogP contribution in [-0.4, -0.2) is 17.0 Å². The molecule has 1 N–H and O–H groups in total. The van der Waals surface area contributed by atoms with Crippen LogP contribution < -0.4 is 5.43 Å². The molecule has 1 aromatic heterocycles. The normalized spacial score (nSPS) is 10.5. The molecule has 19 heavy (non-hydrogen) atoms. The van der Waals surface area contributed by atoms with Crippen molar-refractivity contribution in [2.24, 2.45) is 5.10 Å². The zero-order valence-electron chi connectivity index (χ0n) is 9.65. The zero-order chi connectivity index (χ0) is 13.7. The highest BCUT2D eigenvalue weighted by molar-refractivity contribution is 7.08. The van der Waals surface area contributed by atoms with Crippen LogP contribution >= 0.6 is 11.3 Å². The predicted molar refractivity (Wildman–Crippen MR) is 72.5 cm³/mol. The number of nitrogens with zero attached hydrogens (tertiary/aromatic N) is 2. The minimum Gasteiger partial charge on any atom is -0.267 e. The third kappa shape index (κ3) is 3.46. The van der Waals surface area contributed by atoms with Gasteiger partial charge in [-0.3, -0.25) is 14.9 Å². The van der Waals surface area contributed by atoms with Gasteiger partial charge in [0.15, 0.2) is 0 Å². The zero-order valence-corrected chi connectivity index (χ0v) is 10.5. The van der Waals surface area contributed by atoms with Crippen LogP contribution in [0.3, 0.4) is 0 Å². The van der Waals surface area contributed by atoms with Crippen molar-refractivity contribution >= 4 is 29.1 Å². The molecule has 0 saturated carbocycles. The largest absolute Gasteiger partial charge is 0.271 e. The van der Waals surface area contributed by atoms with Crippen molar-refractivity contribution in [1.29, 1.82) is 0 Å². The Balaban J connectivity index is 1.98. The number of nitro benzene ring substituents is 1. The summed E-state index contributed by atoms with van der Waals surface area (Å²) in [6.07, 6.45) is 1.53. The highest BCUT2D eigenvalue weighted by Crippen LogP contribution is 2.11. The van der Waals surface area contributed by atoms with E-state index in [9.17, 15) is 14.9 Å². The van der Waals surface area contributed by atoms with Crippen molar-refractivity contribution in [2.75, 3.05) is 0 Å². The number of thiophene rings is 1. The van der Waals surface area contributed by atoms with Crippen LogP contribution in [0.4, 0.5) is 5.69 Å². The van der Waals surface area contributed by atoms with Gasteiger partial charge in [0.1, 0.15) is 0 Å². The Morgan fingerprint density at radius 3 is 2.63 bits per heavy atom. The van der Waals surface area contributed by atoms with Crippen LogP contribution in [0.1, 0.15) is 15.9 Å². The first-order valence-corrected chi connectivity index (χ1v) is 6.21. The number of hydrogen-bond acceptors (Lipinski definition) is 5. The average Bonchev–Trinajstić information content (AvgIpc) is 2.92. The first-order chi connectivity index (χ1) is 9.16. The molecule has 2 aromatic rings. The van der Waals surface area contributed by atoms with Gasteiger partial charge in [0.25, 0.3) is 11.6 Å². The number of nitrogens with one attached hydrogen (secondary N) is 1. The number of nitro groups is 1. The molecule has 0 spiro atoms. The fourth-order valence-corrected chi connectivity index (χ4v) is 1.92. The van der Waals surface area contributed by atoms with Gasteiger partial charge in [0, 0.05) is 23.3 Å². The van der Waals surface area contributed by atoms with Crippen LogP contribution in [0.15, 0.2) is 46.2 Å². The standard InChI is InChI=1S/C12H9N3O3S/c16-12(14-13-7-9-5-6-19-8-9)10-1-3-11(4-2-10)15(17)18/h1-8H,(H,14,16)/b13-7-. The summed E-state index contributed by atoms with van der Waals surface area (Å²) in [5, 5.41) is 18.1. The predicted octanol–water partition coefficient (Wildman–Crippen LogP) is 2.42. The van der Waals surface area contributed by atoms with Gasteiger partial charge in [0.2, 0.25) is 0 Å². The van der Waals surface area contributed by atoms with Crippen LogP contribution in [0.25, 0.3) is 0 Å². The van der Waals surface area contributed by atoms with Crippen molar-refractivity contribution in [3.63, 3.8) is 0 Å². The Morgan fingerprint density at radius 1 is 1.32 bits per heavy atom. The Labute approximate surface area is 112 Å². The highest BCUT2D eigenvalue weighted by atomic mass is 32.1. The van der Waals surface area contributed by atoms with E-state index in [1.165, 1.54) is 41.8 Å². The van der Waals surface area contributed by atoms with E-state index in [-0.39, 0.29) is 5.69 Å². The number of hydrazone groups is 1. The number of non-ortho nitro benzene ring substituents is 1. The highest BCUT2D eigenvalue weighted by Gasteiger charge is 2.08. The lowest BCUT2D eigenvalue weighted by molar-refractivity contribution is -0.384. The van der Waals surface area contributed by atoms with Gasteiger partial charge < -0.3 is 0 Å². The van der Waals surface area contributed by atoms with E-state index in [1.807, 2.05) is 16.8 Å². The molecular formula is C12H9N3O3S. The number of carbonyl (C=O) groups excluding carboxylic acids is 1. The summed E-state index contributed by atoms with van der Waals surface area (Å²) in [6, 6.07) is 7.18. The molecule has 0 unspecified atom stereocenters. The van der Waals surface area contributed by atoms with Crippen LogP contribution in [0, 0.1) is 10.1 Å². The number of hydrogen-bond donors (Lipinski definition) is 1. The van der Waals surface area contributed by atoms with E-state index >= 15 is 0 Å². The van der Waals surface area contributed by atoms with E-state index in [0.29, 0.717) is 5.56 Å². The SMILES string of the molecule is O=C(N/N=C\c1ccsc1)c1ccc([N+](=O)[O-])cc1. The van der Waals surface area contributed by atoms with Crippen LogP contribution in [0.2, 0.25) is 0 Å². The molecular weight excluding hydrogens is 266 g/mol. The number of amides is 1. The molecule has 0 aliphatic heterocycles. The second-order valence-corrected chi connectivity index (χ2v) is 4.34. The smallest absolute Gasteiger partial charge is 0.267 e. The van der Waals surface area contributed by atoms with Gasteiger partial charge in [-0.2, -0.15) is 16.4 Å². The lowest BCUT2D eigenvalue weighted by Gasteiger charge is -1.98. The molecule has 1 aromatic carbocycles. The summed E-state index contributed by atoms with van der Waals surface area (Å²) in [6.45, 7) is 0. The van der Waals surface area contributed by atoms with E-state index in [2.05, 4.69) is 10.5 Å². The lowest BCUT2D eigenvalue weighted by atomic mass is 10.2. The quantitative estimate of drug-likeness (QED) is 0.528. The van der Waals surface area contributed by atoms with Crippen LogP contribution in [-0.2, 0) is 0 Å². The monoisotopic (exact) mass is 275 g/mol. The number of rotatable bonds is 4. The van der Waals surface area contributed by atoms with Gasteiger partial charge in [-0.15, -0.1) is 0 Å². The van der Waals surface area contributed by atoms with Gasteiger partial charge in [-0.25, -0.2) is 5.43 Å². The fourth-order valence-electron chi connectivity index (χ4n) is 1.31. The molecule has 0 radical (unpaired) electrons. The number of carbonyl (C=O) groups is 1. The minimum absolute atomic E-state index is 0.0571. The number of benzene rings is 1. The van der Waals surface area contributed by atoms with E-state index in [0.717, 1.165) is 5.56 Å². The molecule has 0 saturated heterocycles. The third-order valence-corrected chi connectivity index (χ3v) is 2.96. The third-order valence-electron chi connectivity index (χ3n) is 2.26. The molecule has 0 bridgehead atoms. The van der Waals surface area contributed by atoms with Crippen molar-refractivity contribution in [2.45, 2.75) is 0 Å². The average molecular weight is 275 g/mol. The van der Waals surface area contributed by atoms with E-state index in [1.54, 1.807) is 0 Å². The van der Waals surface area contributed by atoms with Crippen molar-refractivity contribution in [3.8, 4) is 0 Å². The molecule has 0 aliphatic rings. The molecule has 2 rings (SSSR count). The second-order valence-electron chi connectivity index (χ2n) is 3.56. The molecule has 0 aliphatic carbocycles. The van der Waals surface area contributed by atoms with Gasteiger partial charge >= 0.3 is 0 Å². The first kappa shape index (κ1) is 12.9. The minimum atomic E-state index is -0.517. The maximum atomic E-state index is 11.7. The second kappa shape index (κ2) is 5.87. The molecule has 96 valence electrons. The Bertz CT molecular complexity index is 606. The Kier molecular flexibility index (Phi) is 3.99. The van der Waals surface area contributed by atoms with E-state index in [4.69, 9.17) is 0 Å². The molecule has 0 atom stereocenters. The van der Waals surface area contributed by atoms with Gasteiger partial charge in [-0.1, -0.05) is 0 Å². The Hall–Kier alpha value is -2.54. The summed E-state index contributed by atoms with van der Waals surface area (Å²) < 4.78 is 0. The van der Waals surface area contributed by atoms with Gasteiger partial charge in [0.05, 0.1) is 11.1 Å². The summed E-state index contributed by atoms with van der Waals surface area (Å²) in [5.74, 6) is -0.415. The van der Waals surface area contributed by atoms with Crippen molar-refractivity contribution in [3.05, 3.63) is 62.3 Å². The lowest BCUT2D eigenvalue weighted by Crippen LogP contribution is -2.17. The molecule has 1 heterocycles. The van der Waals surface area contributed by atoms with Crippen LogP contribution in [0.5, 0.6) is 0 Å². The maximum absolute atomic E-state index is 11.7. The first-order valence-electron chi connectivity index (χ1n) is 5.27. The Morgan fingerprint density at radius 2 is 2.05 bits per heavy atom. The van der Waals surface area contributed by atoms with Gasteiger partial charge in [-0.05, 0) is 29.0 Å². The maximum Gasteiger partial charge on any atom is 0.271 e. The summed E-state index contributed by atoms with van der Waals surface area (Å²) in [4.78, 5) is 21.6. The summed E-state index contributed by atoms with van der Waals surface area (Å²) in [7, 11) is 0. The summed E-state index contributed by atoms with van der Waals surface area (Å²) in [5.41, 5.74) is 3.50. The molecule has 7 heteroatoms. The molecule has 0 fully saturated rings. The van der Waals surface area contributed by atoms with E-state index < -0.39 is 10.8 Å². The fraction of sp³-hybridized carbons (Fsp3) is 0. The van der Waals surface area contributed by atoms with Crippen molar-refractivity contribution in [1.82, 2.24) is 5.43 Å².